The lowest BCUT2D eigenvalue weighted by molar-refractivity contribution is -0.121. The van der Waals surface area contributed by atoms with Crippen molar-refractivity contribution in [2.75, 3.05) is 19.3 Å². The van der Waals surface area contributed by atoms with Crippen LogP contribution in [0.25, 0.3) is 0 Å². The molecular formula is C13H22N4O3S. The average Bonchev–Trinajstić information content (AvgIpc) is 2.79. The summed E-state index contributed by atoms with van der Waals surface area (Å²) in [6.07, 6.45) is 6.17. The smallest absolute Gasteiger partial charge is 0.235 e. The number of hydrogen-bond donors (Lipinski definition) is 1. The van der Waals surface area contributed by atoms with Gasteiger partial charge in [-0.05, 0) is 19.8 Å². The molecule has 118 valence electrons. The van der Waals surface area contributed by atoms with Crippen LogP contribution in [0.15, 0.2) is 6.20 Å². The highest BCUT2D eigenvalue weighted by molar-refractivity contribution is 7.88. The Morgan fingerprint density at radius 3 is 2.86 bits per heavy atom. The second-order valence-corrected chi connectivity index (χ2v) is 7.27. The molecule has 0 aromatic carbocycles. The third-order valence-corrected chi connectivity index (χ3v) is 4.66. The number of nitrogens with one attached hydrogen (secondary N) is 1. The van der Waals surface area contributed by atoms with E-state index >= 15 is 0 Å². The number of aromatic nitrogens is 2. The van der Waals surface area contributed by atoms with Crippen LogP contribution < -0.4 is 5.32 Å². The molecule has 0 bridgehead atoms. The van der Waals surface area contributed by atoms with E-state index < -0.39 is 10.0 Å². The zero-order valence-electron chi connectivity index (χ0n) is 12.5. The molecule has 1 amide bonds. The summed E-state index contributed by atoms with van der Waals surface area (Å²) in [6, 6.07) is 0. The number of imidazole rings is 1. The SMILES string of the molecule is CCNC(=O)CN(Cc1cn2c(n1)CCCC2)S(C)(=O)=O. The molecule has 1 aromatic rings. The monoisotopic (exact) mass is 314 g/mol. The van der Waals surface area contributed by atoms with E-state index in [0.717, 1.165) is 42.2 Å². The number of likely N-dealkylation sites (N-methyl/N-ethyl adjacent to an activating group) is 1. The minimum atomic E-state index is -3.45. The van der Waals surface area contributed by atoms with Crippen LogP contribution in [0, 0.1) is 0 Å². The fourth-order valence-electron chi connectivity index (χ4n) is 2.43. The molecule has 7 nitrogen and oxygen atoms in total. The van der Waals surface area contributed by atoms with Crippen LogP contribution in [0.4, 0.5) is 0 Å². The predicted octanol–water partition coefficient (Wildman–Crippen LogP) is 0.117. The summed E-state index contributed by atoms with van der Waals surface area (Å²) in [5.74, 6) is 0.703. The molecule has 0 atom stereocenters. The first-order valence-corrected chi connectivity index (χ1v) is 9.01. The molecule has 0 fully saturated rings. The number of fused-ring (bicyclic) bond motifs is 1. The van der Waals surface area contributed by atoms with E-state index in [1.165, 1.54) is 0 Å². The van der Waals surface area contributed by atoms with E-state index in [1.807, 2.05) is 6.20 Å². The molecule has 1 N–H and O–H groups in total. The van der Waals surface area contributed by atoms with E-state index in [4.69, 9.17) is 0 Å². The summed E-state index contributed by atoms with van der Waals surface area (Å²) >= 11 is 0. The Labute approximate surface area is 125 Å². The van der Waals surface area contributed by atoms with Crippen LogP contribution in [-0.4, -0.2) is 47.5 Å². The average molecular weight is 314 g/mol. The van der Waals surface area contributed by atoms with Crippen LogP contribution in [0.5, 0.6) is 0 Å². The lowest BCUT2D eigenvalue weighted by atomic mass is 10.2. The molecule has 8 heteroatoms. The first kappa shape index (κ1) is 16.0. The molecule has 0 spiro atoms. The maximum absolute atomic E-state index is 11.8. The Bertz CT molecular complexity index is 585. The van der Waals surface area contributed by atoms with Crippen molar-refractivity contribution < 1.29 is 13.2 Å². The molecule has 2 heterocycles. The molecule has 0 unspecified atom stereocenters. The van der Waals surface area contributed by atoms with Gasteiger partial charge in [-0.3, -0.25) is 4.79 Å². The van der Waals surface area contributed by atoms with Gasteiger partial charge in [0, 0.05) is 25.7 Å². The van der Waals surface area contributed by atoms with Crippen LogP contribution in [0.1, 0.15) is 31.3 Å². The van der Waals surface area contributed by atoms with E-state index in [0.29, 0.717) is 12.2 Å². The zero-order valence-corrected chi connectivity index (χ0v) is 13.3. The number of hydrogen-bond acceptors (Lipinski definition) is 4. The third kappa shape index (κ3) is 4.28. The van der Waals surface area contributed by atoms with Gasteiger partial charge in [-0.1, -0.05) is 0 Å². The van der Waals surface area contributed by atoms with Gasteiger partial charge in [-0.2, -0.15) is 4.31 Å². The van der Waals surface area contributed by atoms with Crippen LogP contribution >= 0.6 is 0 Å². The Kier molecular flexibility index (Phi) is 5.00. The number of amides is 1. The van der Waals surface area contributed by atoms with E-state index in [-0.39, 0.29) is 19.0 Å². The molecule has 1 aliphatic heterocycles. The Balaban J connectivity index is 2.11. The van der Waals surface area contributed by atoms with Gasteiger partial charge in [-0.25, -0.2) is 13.4 Å². The highest BCUT2D eigenvalue weighted by Gasteiger charge is 2.22. The van der Waals surface area contributed by atoms with Crippen molar-refractivity contribution in [3.63, 3.8) is 0 Å². The molecule has 21 heavy (non-hydrogen) atoms. The molecule has 1 aromatic heterocycles. The number of aryl methyl sites for hydroxylation is 2. The lowest BCUT2D eigenvalue weighted by Gasteiger charge is -2.18. The number of sulfonamides is 1. The van der Waals surface area contributed by atoms with E-state index in [2.05, 4.69) is 14.9 Å². The molecule has 0 saturated carbocycles. The molecule has 2 rings (SSSR count). The second-order valence-electron chi connectivity index (χ2n) is 5.28. The second kappa shape index (κ2) is 6.57. The fraction of sp³-hybridized carbons (Fsp3) is 0.692. The van der Waals surface area contributed by atoms with Crippen LogP contribution in [-0.2, 0) is 34.3 Å². The summed E-state index contributed by atoms with van der Waals surface area (Å²) in [5, 5.41) is 2.61. The van der Waals surface area contributed by atoms with Crippen molar-refractivity contribution in [3.05, 3.63) is 17.7 Å². The third-order valence-electron chi connectivity index (χ3n) is 3.46. The standard InChI is InChI=1S/C13H22N4O3S/c1-3-14-13(18)10-17(21(2,19)20)9-11-8-16-7-5-4-6-12(16)15-11/h8H,3-7,9-10H2,1-2H3,(H,14,18). The van der Waals surface area contributed by atoms with Gasteiger partial charge in [-0.15, -0.1) is 0 Å². The molecule has 1 aliphatic rings. The van der Waals surface area contributed by atoms with Crippen molar-refractivity contribution in [3.8, 4) is 0 Å². The van der Waals surface area contributed by atoms with Crippen LogP contribution in [0.3, 0.4) is 0 Å². The van der Waals surface area contributed by atoms with Crippen molar-refractivity contribution in [2.24, 2.45) is 0 Å². The quantitative estimate of drug-likeness (QED) is 0.808. The summed E-state index contributed by atoms with van der Waals surface area (Å²) in [6.45, 7) is 3.17. The molecule has 0 saturated heterocycles. The van der Waals surface area contributed by atoms with Crippen molar-refractivity contribution in [1.29, 1.82) is 0 Å². The zero-order chi connectivity index (χ0) is 15.5. The van der Waals surface area contributed by atoms with Crippen LogP contribution in [0.2, 0.25) is 0 Å². The minimum Gasteiger partial charge on any atom is -0.355 e. The molecule has 0 radical (unpaired) electrons. The summed E-state index contributed by atoms with van der Waals surface area (Å²) < 4.78 is 26.9. The predicted molar refractivity (Wildman–Crippen MR) is 79.1 cm³/mol. The first-order chi connectivity index (χ1) is 9.90. The lowest BCUT2D eigenvalue weighted by Crippen LogP contribution is -2.39. The Morgan fingerprint density at radius 1 is 1.48 bits per heavy atom. The van der Waals surface area contributed by atoms with Crippen molar-refractivity contribution in [2.45, 2.75) is 39.3 Å². The van der Waals surface area contributed by atoms with Gasteiger partial charge in [0.15, 0.2) is 0 Å². The van der Waals surface area contributed by atoms with Gasteiger partial charge < -0.3 is 9.88 Å². The van der Waals surface area contributed by atoms with Gasteiger partial charge in [0.2, 0.25) is 15.9 Å². The number of nitrogens with zero attached hydrogens (tertiary/aromatic N) is 3. The molecule has 0 aliphatic carbocycles. The highest BCUT2D eigenvalue weighted by atomic mass is 32.2. The van der Waals surface area contributed by atoms with Gasteiger partial charge in [0.05, 0.1) is 25.0 Å². The summed E-state index contributed by atoms with van der Waals surface area (Å²) in [4.78, 5) is 16.1. The summed E-state index contributed by atoms with van der Waals surface area (Å²) in [7, 11) is -3.45. The highest BCUT2D eigenvalue weighted by Crippen LogP contribution is 2.16. The number of rotatable bonds is 6. The fourth-order valence-corrected chi connectivity index (χ4v) is 3.15. The van der Waals surface area contributed by atoms with E-state index in [9.17, 15) is 13.2 Å². The van der Waals surface area contributed by atoms with Gasteiger partial charge in [0.1, 0.15) is 5.82 Å². The topological polar surface area (TPSA) is 84.3 Å². The normalized spacial score (nSPS) is 15.0. The van der Waals surface area contributed by atoms with Crippen molar-refractivity contribution in [1.82, 2.24) is 19.2 Å². The Hall–Kier alpha value is -1.41. The largest absolute Gasteiger partial charge is 0.355 e. The summed E-state index contributed by atoms with van der Waals surface area (Å²) in [5.41, 5.74) is 0.696. The Morgan fingerprint density at radius 2 is 2.24 bits per heavy atom. The molecular weight excluding hydrogens is 292 g/mol. The first-order valence-electron chi connectivity index (χ1n) is 7.17. The van der Waals surface area contributed by atoms with Gasteiger partial charge >= 0.3 is 0 Å². The van der Waals surface area contributed by atoms with E-state index in [1.54, 1.807) is 6.92 Å². The van der Waals surface area contributed by atoms with Gasteiger partial charge in [0.25, 0.3) is 0 Å². The number of carbonyl (C=O) groups excluding carboxylic acids is 1. The minimum absolute atomic E-state index is 0.135. The maximum atomic E-state index is 11.8. The maximum Gasteiger partial charge on any atom is 0.235 e. The van der Waals surface area contributed by atoms with Crippen molar-refractivity contribution >= 4 is 15.9 Å². The number of carbonyl (C=O) groups is 1.